The molecule has 0 radical (unpaired) electrons. The van der Waals surface area contributed by atoms with Gasteiger partial charge in [0.25, 0.3) is 0 Å². The molecule has 11 amide bonds. The van der Waals surface area contributed by atoms with Gasteiger partial charge < -0.3 is 97.4 Å². The minimum absolute atomic E-state index is 0.0102. The fraction of sp³-hybridized carbons (Fsp3) is 0.788. The molecule has 0 aromatic rings. The molecule has 0 aliphatic carbocycles. The molecular weight excluding hydrogens is 1060 g/mol. The number of hydrogen-bond acceptors (Lipinski definition) is 18. The second-order valence-electron chi connectivity index (χ2n) is 21.1. The highest BCUT2D eigenvalue weighted by atomic mass is 16.3. The molecule has 1 heterocycles. The van der Waals surface area contributed by atoms with Crippen LogP contribution >= 0.6 is 0 Å². The van der Waals surface area contributed by atoms with Crippen molar-refractivity contribution < 1.29 is 63.0 Å². The summed E-state index contributed by atoms with van der Waals surface area (Å²) in [5, 5.41) is 49.5. The summed E-state index contributed by atoms with van der Waals surface area (Å²) in [7, 11) is 0. The zero-order valence-corrected chi connectivity index (χ0v) is 48.5. The average Bonchev–Trinajstić information content (AvgIpc) is 3.40. The van der Waals surface area contributed by atoms with Crippen molar-refractivity contribution in [3.8, 4) is 0 Å². The third-order valence-electron chi connectivity index (χ3n) is 13.6. The Hall–Kier alpha value is -6.11. The summed E-state index contributed by atoms with van der Waals surface area (Å²) in [6.45, 7) is 10.4. The average molecular weight is 1160 g/mol. The third-order valence-corrected chi connectivity index (χ3v) is 13.6. The Morgan fingerprint density at radius 2 is 1.02 bits per heavy atom. The normalized spacial score (nSPS) is 23.5. The van der Waals surface area contributed by atoms with Crippen LogP contribution in [-0.4, -0.2) is 187 Å². The number of aliphatic hydroxyl groups excluding tert-OH is 2. The second kappa shape index (κ2) is 39.3. The van der Waals surface area contributed by atoms with E-state index in [0.29, 0.717) is 12.8 Å². The van der Waals surface area contributed by atoms with Gasteiger partial charge in [0, 0.05) is 13.0 Å². The van der Waals surface area contributed by atoms with Crippen molar-refractivity contribution in [2.24, 2.45) is 40.5 Å². The van der Waals surface area contributed by atoms with E-state index in [0.717, 1.165) is 25.7 Å². The Morgan fingerprint density at radius 3 is 1.52 bits per heavy atom. The van der Waals surface area contributed by atoms with Crippen LogP contribution in [0.5, 0.6) is 0 Å². The maximum absolute atomic E-state index is 14.4. The quantitative estimate of drug-likeness (QED) is 0.0310. The SMILES string of the molecule is CCCCCCCC(=O)N[C@@H](CCN)C(=O)N[C@H](C(=O)N[C@@H](CCN)C(=O)N[C@H]1CCNC(=O)[C@H]([C@@H](C)O)NC(=O)[C@H](CCN)NC(=O)[C@H](CCN)NC(=O)[C@H]([C@@H](C)CC)NC(=O)[C@@H](CC(C)C)NC(=O)[C@H](CCN)NC1=O)[C@@H](C)O. The molecule has 0 saturated carbocycles. The van der Waals surface area contributed by atoms with E-state index in [2.05, 4.69) is 65.4 Å². The van der Waals surface area contributed by atoms with Gasteiger partial charge in [-0.1, -0.05) is 66.7 Å². The summed E-state index contributed by atoms with van der Waals surface area (Å²) in [6.07, 6.45) is 0.616. The van der Waals surface area contributed by atoms with E-state index in [9.17, 15) is 63.0 Å². The van der Waals surface area contributed by atoms with Gasteiger partial charge in [0.15, 0.2) is 0 Å². The largest absolute Gasteiger partial charge is 0.391 e. The fourth-order valence-corrected chi connectivity index (χ4v) is 8.64. The van der Waals surface area contributed by atoms with Crippen LogP contribution in [0.2, 0.25) is 0 Å². The molecule has 0 aromatic heterocycles. The molecule has 464 valence electrons. The van der Waals surface area contributed by atoms with Crippen molar-refractivity contribution in [1.29, 1.82) is 0 Å². The lowest BCUT2D eigenvalue weighted by Crippen LogP contribution is -2.62. The van der Waals surface area contributed by atoms with Crippen molar-refractivity contribution in [1.82, 2.24) is 58.5 Å². The monoisotopic (exact) mass is 1150 g/mol. The number of nitrogens with two attached hydrogens (primary N) is 5. The minimum Gasteiger partial charge on any atom is -0.391 e. The Balaban J connectivity index is 3.83. The van der Waals surface area contributed by atoms with Gasteiger partial charge in [0.2, 0.25) is 65.0 Å². The summed E-state index contributed by atoms with van der Waals surface area (Å²) in [5.74, 6) is -10.3. The Bertz CT molecular complexity index is 2030. The van der Waals surface area contributed by atoms with Crippen molar-refractivity contribution in [3.63, 3.8) is 0 Å². The summed E-state index contributed by atoms with van der Waals surface area (Å²) in [4.78, 5) is 153. The van der Waals surface area contributed by atoms with E-state index < -0.39 is 156 Å². The van der Waals surface area contributed by atoms with Crippen LogP contribution in [-0.2, 0) is 52.7 Å². The number of carbonyl (C=O) groups excluding carboxylic acids is 11. The summed E-state index contributed by atoms with van der Waals surface area (Å²) >= 11 is 0. The van der Waals surface area contributed by atoms with Gasteiger partial charge in [-0.3, -0.25) is 52.7 Å². The Morgan fingerprint density at radius 1 is 0.543 bits per heavy atom. The first-order valence-electron chi connectivity index (χ1n) is 28.5. The second-order valence-corrected chi connectivity index (χ2v) is 21.1. The van der Waals surface area contributed by atoms with E-state index in [1.165, 1.54) is 13.8 Å². The molecule has 1 saturated heterocycles. The van der Waals surface area contributed by atoms with Gasteiger partial charge in [-0.25, -0.2) is 0 Å². The molecule has 23 N–H and O–H groups in total. The summed E-state index contributed by atoms with van der Waals surface area (Å²) < 4.78 is 0. The Kier molecular flexibility index (Phi) is 35.4. The number of amides is 11. The number of hydrogen-bond donors (Lipinski definition) is 18. The summed E-state index contributed by atoms with van der Waals surface area (Å²) in [5.41, 5.74) is 29.2. The minimum atomic E-state index is -1.69. The maximum atomic E-state index is 14.4. The number of carbonyl (C=O) groups is 11. The predicted molar refractivity (Wildman–Crippen MR) is 301 cm³/mol. The molecule has 0 aromatic carbocycles. The van der Waals surface area contributed by atoms with Crippen LogP contribution in [0, 0.1) is 11.8 Å². The van der Waals surface area contributed by atoms with E-state index >= 15 is 0 Å². The molecule has 1 aliphatic rings. The first kappa shape index (κ1) is 72.9. The van der Waals surface area contributed by atoms with E-state index in [1.807, 2.05) is 0 Å². The molecular formula is C52H98N16O13. The van der Waals surface area contributed by atoms with Crippen LogP contribution in [0.1, 0.15) is 138 Å². The molecule has 0 unspecified atom stereocenters. The van der Waals surface area contributed by atoms with Crippen LogP contribution in [0.25, 0.3) is 0 Å². The summed E-state index contributed by atoms with van der Waals surface area (Å²) in [6, 6.07) is -14.5. The van der Waals surface area contributed by atoms with E-state index in [4.69, 9.17) is 28.7 Å². The van der Waals surface area contributed by atoms with Crippen molar-refractivity contribution in [2.75, 3.05) is 39.3 Å². The zero-order valence-electron chi connectivity index (χ0n) is 48.5. The van der Waals surface area contributed by atoms with Crippen LogP contribution in [0.4, 0.5) is 0 Å². The fourth-order valence-electron chi connectivity index (χ4n) is 8.64. The highest BCUT2D eigenvalue weighted by Crippen LogP contribution is 2.14. The van der Waals surface area contributed by atoms with Gasteiger partial charge in [-0.05, 0) is 110 Å². The van der Waals surface area contributed by atoms with Crippen LogP contribution in [0.15, 0.2) is 0 Å². The van der Waals surface area contributed by atoms with Gasteiger partial charge in [-0.2, -0.15) is 0 Å². The van der Waals surface area contributed by atoms with Crippen molar-refractivity contribution in [3.05, 3.63) is 0 Å². The number of aliphatic hydroxyl groups is 2. The van der Waals surface area contributed by atoms with Crippen LogP contribution < -0.4 is 87.2 Å². The molecule has 81 heavy (non-hydrogen) atoms. The molecule has 1 aliphatic heterocycles. The highest BCUT2D eigenvalue weighted by molar-refractivity contribution is 5.99. The number of unbranched alkanes of at least 4 members (excludes halogenated alkanes) is 4. The van der Waals surface area contributed by atoms with Gasteiger partial charge >= 0.3 is 0 Å². The van der Waals surface area contributed by atoms with Crippen LogP contribution in [0.3, 0.4) is 0 Å². The maximum Gasteiger partial charge on any atom is 0.245 e. The van der Waals surface area contributed by atoms with E-state index in [1.54, 1.807) is 27.7 Å². The van der Waals surface area contributed by atoms with Gasteiger partial charge in [0.1, 0.15) is 60.4 Å². The van der Waals surface area contributed by atoms with E-state index in [-0.39, 0.29) is 83.6 Å². The molecule has 29 nitrogen and oxygen atoms in total. The predicted octanol–water partition coefficient (Wildman–Crippen LogP) is -5.69. The lowest BCUT2D eigenvalue weighted by Gasteiger charge is -2.30. The number of nitrogens with one attached hydrogen (secondary N) is 11. The zero-order chi connectivity index (χ0) is 61.4. The molecule has 29 heteroatoms. The van der Waals surface area contributed by atoms with Gasteiger partial charge in [-0.15, -0.1) is 0 Å². The molecule has 1 rings (SSSR count). The highest BCUT2D eigenvalue weighted by Gasteiger charge is 2.38. The first-order valence-corrected chi connectivity index (χ1v) is 28.5. The molecule has 0 spiro atoms. The van der Waals surface area contributed by atoms with Gasteiger partial charge in [0.05, 0.1) is 12.2 Å². The third kappa shape index (κ3) is 26.6. The topological polar surface area (TPSA) is 491 Å². The smallest absolute Gasteiger partial charge is 0.245 e. The molecule has 1 fully saturated rings. The lowest BCUT2D eigenvalue weighted by molar-refractivity contribution is -0.137. The van der Waals surface area contributed by atoms with Crippen molar-refractivity contribution >= 4 is 65.0 Å². The van der Waals surface area contributed by atoms with Crippen molar-refractivity contribution in [2.45, 2.75) is 211 Å². The molecule has 13 atom stereocenters. The Labute approximate surface area is 475 Å². The lowest BCUT2D eigenvalue weighted by atomic mass is 9.96. The molecule has 0 bridgehead atoms. The first-order chi connectivity index (χ1) is 38.3. The number of rotatable bonds is 29. The standard InChI is InChI=1S/C52H98N16O13/c1-8-10-11-12-13-14-39(71)59-32(15-21-53)47(76)68-42(31(7)70)52(81)64-35(18-24-56)44(73)62-37-20-26-58-50(79)41(30(6)69)67-48(77)36(19-25-57)61-43(72)34(17-23-55)63-51(80)40(29(5)9-2)66-49(78)38(27-28(3)4)65-45(74)33(16-22-54)60-46(37)75/h28-38,40-42,69-70H,8-27,53-57H2,1-7H3,(H,58,79)(H,59,71)(H,60,75)(H,61,72)(H,62,73)(H,63,80)(H,64,81)(H,65,74)(H,66,78)(H,67,77)(H,68,76)/t29-,30+,31+,32-,33-,34-,35-,36-,37-,38+,40-,41-,42-/m0/s1.